The Morgan fingerprint density at radius 2 is 1.65 bits per heavy atom. The summed E-state index contributed by atoms with van der Waals surface area (Å²) in [5, 5.41) is 15.7. The number of nitrogen functional groups attached to an aromatic ring is 1. The zero-order chi connectivity index (χ0) is 28.1. The second-order valence-corrected chi connectivity index (χ2v) is 10.6. The lowest BCUT2D eigenvalue weighted by Crippen LogP contribution is -2.46. The summed E-state index contributed by atoms with van der Waals surface area (Å²) in [6.07, 6.45) is 2.81. The Morgan fingerprint density at radius 1 is 0.950 bits per heavy atom. The number of piperazine rings is 1. The molecule has 3 N–H and O–H groups in total. The second-order valence-electron chi connectivity index (χ2n) is 10.6. The van der Waals surface area contributed by atoms with E-state index in [1.807, 2.05) is 24.1 Å². The lowest BCUT2D eigenvalue weighted by molar-refractivity contribution is -0.0175. The molecule has 0 amide bonds. The fourth-order valence-electron chi connectivity index (χ4n) is 5.34. The Hall–Kier alpha value is -3.86. The minimum Gasteiger partial charge on any atom is -0.399 e. The summed E-state index contributed by atoms with van der Waals surface area (Å²) in [5.74, 6) is -1.49. The quantitative estimate of drug-likeness (QED) is 0.294. The van der Waals surface area contributed by atoms with Gasteiger partial charge in [0.2, 0.25) is 0 Å². The topological polar surface area (TPSA) is 86.7 Å². The van der Waals surface area contributed by atoms with Gasteiger partial charge in [0.15, 0.2) is 0 Å². The van der Waals surface area contributed by atoms with Crippen molar-refractivity contribution in [1.29, 1.82) is 0 Å². The van der Waals surface area contributed by atoms with Crippen LogP contribution in [0.3, 0.4) is 0 Å². The number of likely N-dealkylation sites (N-methyl/N-ethyl adjacent to an activating group) is 1. The van der Waals surface area contributed by atoms with Crippen LogP contribution < -0.4 is 10.6 Å². The fourth-order valence-corrected chi connectivity index (χ4v) is 5.34. The zero-order valence-electron chi connectivity index (χ0n) is 22.6. The smallest absolute Gasteiger partial charge is 0.137 e. The molecule has 0 aliphatic carbocycles. The van der Waals surface area contributed by atoms with Gasteiger partial charge in [-0.2, -0.15) is 5.10 Å². The van der Waals surface area contributed by atoms with Crippen LogP contribution in [0.25, 0.3) is 0 Å². The number of hydrogen-bond acceptors (Lipinski definition) is 7. The molecular weight excluding hydrogens is 512 g/mol. The molecule has 1 aliphatic heterocycles. The maximum Gasteiger partial charge on any atom is 0.137 e. The first-order valence-corrected chi connectivity index (χ1v) is 13.4. The predicted octanol–water partition coefficient (Wildman–Crippen LogP) is 3.48. The third kappa shape index (κ3) is 6.82. The van der Waals surface area contributed by atoms with Crippen LogP contribution >= 0.6 is 0 Å². The number of aromatic nitrogens is 3. The molecule has 1 aromatic heterocycles. The minimum atomic E-state index is -1.65. The highest BCUT2D eigenvalue weighted by Gasteiger charge is 2.35. The summed E-state index contributed by atoms with van der Waals surface area (Å²) in [6, 6.07) is 19.7. The van der Waals surface area contributed by atoms with Crippen LogP contribution in [0, 0.1) is 11.6 Å². The van der Waals surface area contributed by atoms with Crippen molar-refractivity contribution in [3.05, 3.63) is 108 Å². The molecule has 2 heterocycles. The van der Waals surface area contributed by atoms with Gasteiger partial charge in [-0.3, -0.25) is 9.80 Å². The standard InChI is InChI=1S/C30H35F2N7O/c1-36(19-30(40,20-39-22-34-21-35-39)28-11-6-25(31)16-29(28)32)17-23-4-9-27(10-5-23)38-14-12-37(13-15-38)18-24-2-7-26(33)8-3-24/h2-11,16,21-22,40H,12-15,17-20,33H2,1H3. The fraction of sp³-hybridized carbons (Fsp3) is 0.333. The van der Waals surface area contributed by atoms with Crippen molar-refractivity contribution >= 4 is 11.4 Å². The second kappa shape index (κ2) is 12.1. The van der Waals surface area contributed by atoms with Gasteiger partial charge in [-0.1, -0.05) is 30.3 Å². The summed E-state index contributed by atoms with van der Waals surface area (Å²) >= 11 is 0. The minimum absolute atomic E-state index is 0.0159. The highest BCUT2D eigenvalue weighted by Crippen LogP contribution is 2.28. The lowest BCUT2D eigenvalue weighted by Gasteiger charge is -2.36. The van der Waals surface area contributed by atoms with E-state index in [1.54, 1.807) is 0 Å². The van der Waals surface area contributed by atoms with Crippen molar-refractivity contribution in [1.82, 2.24) is 24.6 Å². The number of halogens is 2. The number of nitrogens with two attached hydrogens (primary N) is 1. The molecule has 1 saturated heterocycles. The van der Waals surface area contributed by atoms with E-state index in [1.165, 1.54) is 34.7 Å². The molecule has 0 saturated carbocycles. The first-order valence-electron chi connectivity index (χ1n) is 13.4. The van der Waals surface area contributed by atoms with Crippen molar-refractivity contribution < 1.29 is 13.9 Å². The average Bonchev–Trinajstić information content (AvgIpc) is 3.43. The molecule has 1 atom stereocenters. The van der Waals surface area contributed by atoms with Crippen LogP contribution in [0.4, 0.5) is 20.2 Å². The third-order valence-corrected chi connectivity index (χ3v) is 7.37. The van der Waals surface area contributed by atoms with Gasteiger partial charge in [0.25, 0.3) is 0 Å². The van der Waals surface area contributed by atoms with Gasteiger partial charge < -0.3 is 15.7 Å². The summed E-state index contributed by atoms with van der Waals surface area (Å²) in [4.78, 5) is 10.7. The van der Waals surface area contributed by atoms with Crippen LogP contribution in [0.15, 0.2) is 79.4 Å². The van der Waals surface area contributed by atoms with E-state index in [-0.39, 0.29) is 18.7 Å². The maximum absolute atomic E-state index is 14.7. The summed E-state index contributed by atoms with van der Waals surface area (Å²) in [7, 11) is 1.86. The maximum atomic E-state index is 14.7. The molecule has 5 rings (SSSR count). The highest BCUT2D eigenvalue weighted by molar-refractivity contribution is 5.48. The van der Waals surface area contributed by atoms with E-state index < -0.39 is 17.2 Å². The molecule has 1 unspecified atom stereocenters. The van der Waals surface area contributed by atoms with E-state index in [4.69, 9.17) is 5.73 Å². The zero-order valence-corrected chi connectivity index (χ0v) is 22.6. The van der Waals surface area contributed by atoms with Crippen molar-refractivity contribution in [2.45, 2.75) is 25.2 Å². The lowest BCUT2D eigenvalue weighted by atomic mass is 9.92. The van der Waals surface area contributed by atoms with Gasteiger partial charge in [-0.05, 0) is 48.5 Å². The molecule has 210 valence electrons. The first kappa shape index (κ1) is 27.7. The Bertz CT molecular complexity index is 1370. The molecule has 8 nitrogen and oxygen atoms in total. The van der Waals surface area contributed by atoms with Gasteiger partial charge in [0.05, 0.1) is 6.54 Å². The van der Waals surface area contributed by atoms with Gasteiger partial charge in [-0.15, -0.1) is 0 Å². The van der Waals surface area contributed by atoms with E-state index in [9.17, 15) is 13.9 Å². The molecular formula is C30H35F2N7O. The van der Waals surface area contributed by atoms with Crippen LogP contribution in [-0.2, 0) is 25.2 Å². The van der Waals surface area contributed by atoms with E-state index in [0.717, 1.165) is 56.1 Å². The molecule has 10 heteroatoms. The molecule has 3 aromatic carbocycles. The number of aliphatic hydroxyl groups is 1. The van der Waals surface area contributed by atoms with Gasteiger partial charge in [0, 0.05) is 68.8 Å². The number of anilines is 2. The molecule has 0 radical (unpaired) electrons. The molecule has 1 aliphatic rings. The van der Waals surface area contributed by atoms with Crippen molar-refractivity contribution in [2.75, 3.05) is 50.4 Å². The number of hydrogen-bond donors (Lipinski definition) is 2. The van der Waals surface area contributed by atoms with Crippen LogP contribution in [0.2, 0.25) is 0 Å². The SMILES string of the molecule is CN(Cc1ccc(N2CCN(Cc3ccc(N)cc3)CC2)cc1)CC(O)(Cn1cncn1)c1ccc(F)cc1F. The van der Waals surface area contributed by atoms with E-state index >= 15 is 0 Å². The summed E-state index contributed by atoms with van der Waals surface area (Å²) in [6.45, 7) is 5.41. The van der Waals surface area contributed by atoms with Crippen LogP contribution in [0.1, 0.15) is 16.7 Å². The van der Waals surface area contributed by atoms with Crippen LogP contribution in [-0.4, -0.2) is 69.4 Å². The Balaban J connectivity index is 1.19. The molecule has 4 aromatic rings. The van der Waals surface area contributed by atoms with Gasteiger partial charge >= 0.3 is 0 Å². The van der Waals surface area contributed by atoms with Crippen molar-refractivity contribution in [2.24, 2.45) is 0 Å². The van der Waals surface area contributed by atoms with E-state index in [0.29, 0.717) is 6.54 Å². The highest BCUT2D eigenvalue weighted by atomic mass is 19.1. The first-order chi connectivity index (χ1) is 19.3. The monoisotopic (exact) mass is 547 g/mol. The Labute approximate surface area is 233 Å². The van der Waals surface area contributed by atoms with Gasteiger partial charge in [0.1, 0.15) is 29.9 Å². The molecule has 40 heavy (non-hydrogen) atoms. The van der Waals surface area contributed by atoms with Gasteiger partial charge in [-0.25, -0.2) is 18.4 Å². The number of benzene rings is 3. The van der Waals surface area contributed by atoms with E-state index in [2.05, 4.69) is 56.3 Å². The summed E-state index contributed by atoms with van der Waals surface area (Å²) in [5.41, 5.74) is 8.47. The predicted molar refractivity (Wildman–Crippen MR) is 151 cm³/mol. The number of nitrogens with zero attached hydrogens (tertiary/aromatic N) is 6. The normalized spacial score (nSPS) is 15.9. The largest absolute Gasteiger partial charge is 0.399 e. The van der Waals surface area contributed by atoms with Crippen molar-refractivity contribution in [3.63, 3.8) is 0 Å². The Morgan fingerprint density at radius 3 is 2.30 bits per heavy atom. The number of rotatable bonds is 10. The summed E-state index contributed by atoms with van der Waals surface area (Å²) < 4.78 is 29.8. The third-order valence-electron chi connectivity index (χ3n) is 7.37. The Kier molecular flexibility index (Phi) is 8.39. The molecule has 0 bridgehead atoms. The molecule has 1 fully saturated rings. The van der Waals surface area contributed by atoms with Crippen LogP contribution in [0.5, 0.6) is 0 Å². The average molecular weight is 548 g/mol. The molecule has 0 spiro atoms. The van der Waals surface area contributed by atoms with Crippen molar-refractivity contribution in [3.8, 4) is 0 Å².